The highest BCUT2D eigenvalue weighted by atomic mass is 32.2. The topological polar surface area (TPSA) is 131 Å². The molecule has 2 aromatic heterocycles. The van der Waals surface area contributed by atoms with Gasteiger partial charge in [0.25, 0.3) is 0 Å². The van der Waals surface area contributed by atoms with Gasteiger partial charge in [0.1, 0.15) is 11.5 Å². The SMILES string of the molecule is CC(C)(C)c1cc(Sc2cc(O)n(CCCCCCn3c(O)cc(Sc4cc(C(C)(C)C)c(O)c(C(C)(C)C)c4)c3O)c2O)cc(C(C)(C)C)c1O. The van der Waals surface area contributed by atoms with Crippen LogP contribution < -0.4 is 0 Å². The second-order valence-electron chi connectivity index (χ2n) is 18.0. The van der Waals surface area contributed by atoms with Crippen molar-refractivity contribution < 1.29 is 30.6 Å². The second kappa shape index (κ2) is 15.1. The molecule has 10 heteroatoms. The zero-order chi connectivity index (χ0) is 39.1. The van der Waals surface area contributed by atoms with Crippen molar-refractivity contribution >= 4 is 23.5 Å². The number of aromatic hydroxyl groups is 6. The van der Waals surface area contributed by atoms with E-state index in [-0.39, 0.29) is 45.2 Å². The molecule has 0 saturated heterocycles. The average molecular weight is 753 g/mol. The fourth-order valence-corrected chi connectivity index (χ4v) is 8.31. The molecule has 4 rings (SSSR count). The monoisotopic (exact) mass is 752 g/mol. The Morgan fingerprint density at radius 2 is 0.692 bits per heavy atom. The Morgan fingerprint density at radius 1 is 0.423 bits per heavy atom. The summed E-state index contributed by atoms with van der Waals surface area (Å²) in [6.07, 6.45) is 3.09. The summed E-state index contributed by atoms with van der Waals surface area (Å²) in [5.74, 6) is 0.612. The maximum absolute atomic E-state index is 11.1. The molecule has 0 aliphatic heterocycles. The summed E-state index contributed by atoms with van der Waals surface area (Å²) in [4.78, 5) is 2.86. The minimum atomic E-state index is -0.280. The van der Waals surface area contributed by atoms with Gasteiger partial charge >= 0.3 is 0 Å². The maximum atomic E-state index is 11.1. The minimum absolute atomic E-state index is 0.00375. The van der Waals surface area contributed by atoms with E-state index in [0.29, 0.717) is 34.4 Å². The first-order valence-corrected chi connectivity index (χ1v) is 19.8. The van der Waals surface area contributed by atoms with Crippen LogP contribution in [0.3, 0.4) is 0 Å². The van der Waals surface area contributed by atoms with Crippen LogP contribution in [0, 0.1) is 0 Å². The average Bonchev–Trinajstić information content (AvgIpc) is 3.41. The third-order valence-electron chi connectivity index (χ3n) is 9.39. The van der Waals surface area contributed by atoms with Crippen LogP contribution in [0.15, 0.2) is 56.0 Å². The molecule has 0 amide bonds. The molecule has 0 spiro atoms. The van der Waals surface area contributed by atoms with E-state index in [4.69, 9.17) is 0 Å². The number of benzene rings is 2. The molecular formula is C42H60N2O6S2. The summed E-state index contributed by atoms with van der Waals surface area (Å²) >= 11 is 2.73. The van der Waals surface area contributed by atoms with Crippen molar-refractivity contribution in [1.82, 2.24) is 9.13 Å². The van der Waals surface area contributed by atoms with E-state index in [1.54, 1.807) is 12.1 Å². The van der Waals surface area contributed by atoms with Gasteiger partial charge in [-0.3, -0.25) is 9.13 Å². The molecule has 0 saturated carbocycles. The maximum Gasteiger partial charge on any atom is 0.208 e. The first-order valence-electron chi connectivity index (χ1n) is 18.1. The van der Waals surface area contributed by atoms with Gasteiger partial charge in [-0.2, -0.15) is 0 Å². The summed E-state index contributed by atoms with van der Waals surface area (Å²) < 4.78 is 3.04. The van der Waals surface area contributed by atoms with Crippen LogP contribution in [-0.4, -0.2) is 39.8 Å². The van der Waals surface area contributed by atoms with Gasteiger partial charge in [-0.05, 0) is 58.8 Å². The van der Waals surface area contributed by atoms with Gasteiger partial charge in [-0.1, -0.05) is 119 Å². The van der Waals surface area contributed by atoms with E-state index in [2.05, 4.69) is 83.1 Å². The Hall–Kier alpha value is -3.50. The van der Waals surface area contributed by atoms with Crippen molar-refractivity contribution in [2.75, 3.05) is 0 Å². The Labute approximate surface area is 318 Å². The third kappa shape index (κ3) is 9.34. The fraction of sp³-hybridized carbons (Fsp3) is 0.524. The molecule has 0 aliphatic carbocycles. The van der Waals surface area contributed by atoms with Crippen molar-refractivity contribution in [2.45, 2.75) is 163 Å². The fourth-order valence-electron chi connectivity index (χ4n) is 6.36. The summed E-state index contributed by atoms with van der Waals surface area (Å²) in [6.45, 7) is 25.6. The van der Waals surface area contributed by atoms with Crippen molar-refractivity contribution in [3.63, 3.8) is 0 Å². The molecule has 0 unspecified atom stereocenters. The van der Waals surface area contributed by atoms with Crippen LogP contribution in [0.25, 0.3) is 0 Å². The Kier molecular flexibility index (Phi) is 12.0. The minimum Gasteiger partial charge on any atom is -0.507 e. The van der Waals surface area contributed by atoms with Gasteiger partial charge in [0.2, 0.25) is 11.8 Å². The smallest absolute Gasteiger partial charge is 0.208 e. The van der Waals surface area contributed by atoms with Gasteiger partial charge in [-0.15, -0.1) is 0 Å². The van der Waals surface area contributed by atoms with E-state index < -0.39 is 0 Å². The summed E-state index contributed by atoms with van der Waals surface area (Å²) in [7, 11) is 0. The van der Waals surface area contributed by atoms with E-state index in [1.165, 1.54) is 32.7 Å². The van der Waals surface area contributed by atoms with E-state index >= 15 is 0 Å². The molecule has 0 radical (unpaired) electrons. The van der Waals surface area contributed by atoms with Gasteiger partial charge in [0.05, 0.1) is 9.79 Å². The lowest BCUT2D eigenvalue weighted by atomic mass is 9.79. The number of hydrogen-bond donors (Lipinski definition) is 6. The molecule has 2 heterocycles. The van der Waals surface area contributed by atoms with Crippen LogP contribution in [0.5, 0.6) is 35.0 Å². The predicted molar refractivity (Wildman–Crippen MR) is 213 cm³/mol. The molecule has 6 N–H and O–H groups in total. The third-order valence-corrected chi connectivity index (χ3v) is 11.4. The lowest BCUT2D eigenvalue weighted by molar-refractivity contribution is 0.350. The number of nitrogens with zero attached hydrogens (tertiary/aromatic N) is 2. The molecule has 0 fully saturated rings. The van der Waals surface area contributed by atoms with Crippen LogP contribution >= 0.6 is 23.5 Å². The molecule has 0 bridgehead atoms. The van der Waals surface area contributed by atoms with Crippen molar-refractivity contribution in [3.8, 4) is 35.0 Å². The highest BCUT2D eigenvalue weighted by Crippen LogP contribution is 2.47. The quantitative estimate of drug-likeness (QED) is 0.0835. The van der Waals surface area contributed by atoms with Gasteiger partial charge in [0, 0.05) is 57.3 Å². The lowest BCUT2D eigenvalue weighted by Gasteiger charge is -2.28. The number of hydrogen-bond acceptors (Lipinski definition) is 8. The summed E-state index contributed by atoms with van der Waals surface area (Å²) in [5.41, 5.74) is 2.23. The zero-order valence-electron chi connectivity index (χ0n) is 33.1. The Balaban J connectivity index is 1.38. The lowest BCUT2D eigenvalue weighted by Crippen LogP contribution is -2.17. The molecular weight excluding hydrogens is 693 g/mol. The molecule has 2 aromatic carbocycles. The zero-order valence-corrected chi connectivity index (χ0v) is 34.7. The van der Waals surface area contributed by atoms with Crippen molar-refractivity contribution in [2.24, 2.45) is 0 Å². The van der Waals surface area contributed by atoms with E-state index in [1.807, 2.05) is 24.3 Å². The van der Waals surface area contributed by atoms with Crippen LogP contribution in [0.4, 0.5) is 0 Å². The van der Waals surface area contributed by atoms with E-state index in [9.17, 15) is 30.6 Å². The van der Waals surface area contributed by atoms with Gasteiger partial charge < -0.3 is 30.6 Å². The largest absolute Gasteiger partial charge is 0.507 e. The van der Waals surface area contributed by atoms with Gasteiger partial charge in [-0.25, -0.2) is 0 Å². The highest BCUT2D eigenvalue weighted by Gasteiger charge is 2.29. The number of aromatic nitrogens is 2. The van der Waals surface area contributed by atoms with Gasteiger partial charge in [0.15, 0.2) is 11.8 Å². The Morgan fingerprint density at radius 3 is 0.942 bits per heavy atom. The first kappa shape index (κ1) is 41.3. The van der Waals surface area contributed by atoms with Crippen LogP contribution in [0.2, 0.25) is 0 Å². The van der Waals surface area contributed by atoms with Crippen LogP contribution in [-0.2, 0) is 34.7 Å². The van der Waals surface area contributed by atoms with Crippen LogP contribution in [0.1, 0.15) is 131 Å². The first-order chi connectivity index (χ1) is 23.8. The number of phenolic OH excluding ortho intramolecular Hbond substituents is 2. The molecule has 0 atom stereocenters. The highest BCUT2D eigenvalue weighted by molar-refractivity contribution is 7.99. The summed E-state index contributed by atoms with van der Waals surface area (Å²) in [5, 5.41) is 65.8. The molecule has 4 aromatic rings. The van der Waals surface area contributed by atoms with E-state index in [0.717, 1.165) is 57.7 Å². The molecule has 8 nitrogen and oxygen atoms in total. The molecule has 0 aliphatic rings. The number of rotatable bonds is 11. The normalized spacial score (nSPS) is 12.9. The number of phenols is 2. The molecule has 52 heavy (non-hydrogen) atoms. The molecule has 286 valence electrons. The predicted octanol–water partition coefficient (Wildman–Crippen LogP) is 11.3. The standard InChI is InChI=1S/C42H60N2O6S2/c1-39(2,3)27-19-25(20-28(35(27)47)40(4,5)6)51-31-23-33(45)43(37(31)49)17-15-13-14-16-18-44-34(46)24-32(38(44)50)52-26-21-29(41(7,8)9)36(48)30(22-26)42(10,11)12/h19-24,45-50H,13-18H2,1-12H3. The Bertz CT molecular complexity index is 1690. The summed E-state index contributed by atoms with van der Waals surface area (Å²) in [6, 6.07) is 11.0. The number of unbranched alkanes of at least 4 members (excludes halogenated alkanes) is 3. The van der Waals surface area contributed by atoms with Crippen molar-refractivity contribution in [1.29, 1.82) is 0 Å². The second-order valence-corrected chi connectivity index (χ2v) is 20.3. The van der Waals surface area contributed by atoms with Crippen molar-refractivity contribution in [3.05, 3.63) is 58.7 Å².